The molecule has 0 spiro atoms. The van der Waals surface area contributed by atoms with E-state index in [9.17, 15) is 9.59 Å². The number of nitrogens with zero attached hydrogens (tertiary/aromatic N) is 4. The third-order valence-electron chi connectivity index (χ3n) is 11.1. The number of primary amides is 1. The van der Waals surface area contributed by atoms with Crippen molar-refractivity contribution in [1.29, 1.82) is 0 Å². The highest BCUT2D eigenvalue weighted by Crippen LogP contribution is 2.60. The van der Waals surface area contributed by atoms with E-state index in [2.05, 4.69) is 83.3 Å². The molecule has 2 atom stereocenters. The van der Waals surface area contributed by atoms with Crippen LogP contribution in [0.2, 0.25) is 0 Å². The summed E-state index contributed by atoms with van der Waals surface area (Å²) in [6.45, 7) is 12.5. The summed E-state index contributed by atoms with van der Waals surface area (Å²) in [5.41, 5.74) is 10.2. The Labute approximate surface area is 250 Å². The Morgan fingerprint density at radius 3 is 2.05 bits per heavy atom. The molecule has 1 saturated heterocycles. The van der Waals surface area contributed by atoms with Gasteiger partial charge in [-0.25, -0.2) is 4.79 Å². The van der Waals surface area contributed by atoms with Crippen molar-refractivity contribution in [2.75, 3.05) is 54.0 Å². The summed E-state index contributed by atoms with van der Waals surface area (Å²) in [7, 11) is 0. The minimum Gasteiger partial charge on any atom is -0.369 e. The standard InChI is InChI=1S/C34H46N6O2/c1-33(2,3)38-14-12-37(13-15-38)26-8-10-27(11-9-26)39-16-17-40(29-7-5-4-6-28(29)39)32(42)36-30-24-18-23-19-25(30)22-34(20-23,21-24)31(35)41/h4-11,23-25,30H,12-22H2,1-3H3,(H2,35,41)(H,36,42). The summed E-state index contributed by atoms with van der Waals surface area (Å²) in [5.74, 6) is 1.14. The molecule has 224 valence electrons. The van der Waals surface area contributed by atoms with Gasteiger partial charge in [0.2, 0.25) is 5.91 Å². The van der Waals surface area contributed by atoms with Crippen LogP contribution in [-0.4, -0.2) is 67.7 Å². The van der Waals surface area contributed by atoms with Crippen LogP contribution in [-0.2, 0) is 4.79 Å². The number of piperazine rings is 1. The van der Waals surface area contributed by atoms with Gasteiger partial charge >= 0.3 is 6.03 Å². The Balaban J connectivity index is 1.04. The van der Waals surface area contributed by atoms with Crippen molar-refractivity contribution in [3.63, 3.8) is 0 Å². The normalized spacial score (nSPS) is 30.8. The SMILES string of the molecule is CC(C)(C)N1CCN(c2ccc(N3CCN(C(=O)NC4C5CC6CC4CC(C(N)=O)(C6)C5)c4ccccc43)cc2)CC1. The number of urea groups is 1. The lowest BCUT2D eigenvalue weighted by molar-refractivity contribution is -0.145. The molecule has 3 amide bonds. The molecule has 42 heavy (non-hydrogen) atoms. The van der Waals surface area contributed by atoms with Gasteiger partial charge in [-0.15, -0.1) is 0 Å². The average Bonchev–Trinajstić information content (AvgIpc) is 2.97. The predicted octanol–water partition coefficient (Wildman–Crippen LogP) is 4.96. The molecule has 8 heteroatoms. The molecule has 8 nitrogen and oxygen atoms in total. The molecule has 2 aliphatic heterocycles. The van der Waals surface area contributed by atoms with E-state index in [1.54, 1.807) is 0 Å². The minimum absolute atomic E-state index is 0.0163. The van der Waals surface area contributed by atoms with Gasteiger partial charge in [0, 0.05) is 67.6 Å². The summed E-state index contributed by atoms with van der Waals surface area (Å²) in [6.07, 6.45) is 4.80. The van der Waals surface area contributed by atoms with Crippen LogP contribution < -0.4 is 25.8 Å². The maximum Gasteiger partial charge on any atom is 0.322 e. The summed E-state index contributed by atoms with van der Waals surface area (Å²) in [6, 6.07) is 17.3. The fraction of sp³-hybridized carbons (Fsp3) is 0.588. The van der Waals surface area contributed by atoms with E-state index in [1.807, 2.05) is 11.0 Å². The van der Waals surface area contributed by atoms with Crippen molar-refractivity contribution >= 4 is 34.7 Å². The first kappa shape index (κ1) is 27.6. The van der Waals surface area contributed by atoms with Crippen molar-refractivity contribution in [2.45, 2.75) is 64.5 Å². The molecule has 3 N–H and O–H groups in total. The maximum absolute atomic E-state index is 13.8. The Morgan fingerprint density at radius 1 is 0.810 bits per heavy atom. The van der Waals surface area contributed by atoms with Crippen LogP contribution in [0.3, 0.4) is 0 Å². The quantitative estimate of drug-likeness (QED) is 0.543. The molecule has 4 aliphatic carbocycles. The van der Waals surface area contributed by atoms with E-state index in [-0.39, 0.29) is 28.9 Å². The van der Waals surface area contributed by atoms with Crippen LogP contribution >= 0.6 is 0 Å². The van der Waals surface area contributed by atoms with E-state index in [0.717, 1.165) is 81.9 Å². The van der Waals surface area contributed by atoms with Gasteiger partial charge in [-0.3, -0.25) is 14.6 Å². The van der Waals surface area contributed by atoms with Crippen LogP contribution in [0.15, 0.2) is 48.5 Å². The molecule has 2 unspecified atom stereocenters. The molecule has 0 radical (unpaired) electrons. The van der Waals surface area contributed by atoms with Gasteiger partial charge in [-0.05, 0) is 107 Å². The van der Waals surface area contributed by atoms with Crippen molar-refractivity contribution in [3.05, 3.63) is 48.5 Å². The van der Waals surface area contributed by atoms with Crippen LogP contribution in [0.25, 0.3) is 0 Å². The van der Waals surface area contributed by atoms with Crippen molar-refractivity contribution in [1.82, 2.24) is 10.2 Å². The molecule has 8 rings (SSSR count). The Bertz CT molecular complexity index is 1330. The zero-order chi connectivity index (χ0) is 29.2. The summed E-state index contributed by atoms with van der Waals surface area (Å²) >= 11 is 0. The van der Waals surface area contributed by atoms with Crippen LogP contribution in [0.5, 0.6) is 0 Å². The van der Waals surface area contributed by atoms with Gasteiger partial charge in [0.1, 0.15) is 0 Å². The second-order valence-corrected chi connectivity index (χ2v) is 14.5. The van der Waals surface area contributed by atoms with Gasteiger partial charge in [0.15, 0.2) is 0 Å². The molecule has 4 saturated carbocycles. The van der Waals surface area contributed by atoms with Crippen LogP contribution in [0.1, 0.15) is 52.9 Å². The van der Waals surface area contributed by atoms with Gasteiger partial charge in [0.25, 0.3) is 0 Å². The summed E-state index contributed by atoms with van der Waals surface area (Å²) < 4.78 is 0. The highest BCUT2D eigenvalue weighted by atomic mass is 16.2. The largest absolute Gasteiger partial charge is 0.369 e. The first-order chi connectivity index (χ1) is 20.1. The smallest absolute Gasteiger partial charge is 0.322 e. The molecule has 2 aromatic carbocycles. The van der Waals surface area contributed by atoms with Gasteiger partial charge in [-0.2, -0.15) is 0 Å². The Morgan fingerprint density at radius 2 is 1.43 bits per heavy atom. The lowest BCUT2D eigenvalue weighted by Gasteiger charge is -2.59. The molecule has 0 aromatic heterocycles. The molecule has 5 fully saturated rings. The number of benzene rings is 2. The number of hydrogen-bond donors (Lipinski definition) is 2. The van der Waals surface area contributed by atoms with Crippen LogP contribution in [0.4, 0.5) is 27.5 Å². The highest BCUT2D eigenvalue weighted by Gasteiger charge is 2.58. The van der Waals surface area contributed by atoms with Crippen LogP contribution in [0, 0.1) is 23.2 Å². The number of fused-ring (bicyclic) bond motifs is 1. The summed E-state index contributed by atoms with van der Waals surface area (Å²) in [4.78, 5) is 35.5. The van der Waals surface area contributed by atoms with Crippen molar-refractivity contribution in [3.8, 4) is 0 Å². The lowest BCUT2D eigenvalue weighted by atomic mass is 9.47. The van der Waals surface area contributed by atoms with Gasteiger partial charge < -0.3 is 20.9 Å². The highest BCUT2D eigenvalue weighted by molar-refractivity contribution is 5.98. The second kappa shape index (κ2) is 10.2. The van der Waals surface area contributed by atoms with E-state index < -0.39 is 0 Å². The number of carbonyl (C=O) groups is 2. The van der Waals surface area contributed by atoms with Crippen molar-refractivity contribution in [2.24, 2.45) is 28.9 Å². The van der Waals surface area contributed by atoms with Crippen molar-refractivity contribution < 1.29 is 9.59 Å². The third-order valence-corrected chi connectivity index (χ3v) is 11.1. The number of para-hydroxylation sites is 2. The number of rotatable bonds is 4. The molecule has 2 aromatic rings. The minimum atomic E-state index is -0.341. The first-order valence-electron chi connectivity index (χ1n) is 16.0. The molecular formula is C34H46N6O2. The molecule has 6 aliphatic rings. The summed E-state index contributed by atoms with van der Waals surface area (Å²) in [5, 5.41) is 3.45. The Kier molecular flexibility index (Phi) is 6.68. The topological polar surface area (TPSA) is 85.2 Å². The second-order valence-electron chi connectivity index (χ2n) is 14.5. The zero-order valence-electron chi connectivity index (χ0n) is 25.4. The fourth-order valence-corrected chi connectivity index (χ4v) is 9.10. The number of anilines is 4. The van der Waals surface area contributed by atoms with Gasteiger partial charge in [0.05, 0.1) is 11.4 Å². The molecule has 2 heterocycles. The zero-order valence-corrected chi connectivity index (χ0v) is 25.4. The molecule has 4 bridgehead atoms. The number of nitrogens with one attached hydrogen (secondary N) is 1. The Hall–Kier alpha value is -3.26. The molecular weight excluding hydrogens is 524 g/mol. The predicted molar refractivity (Wildman–Crippen MR) is 168 cm³/mol. The fourth-order valence-electron chi connectivity index (χ4n) is 9.10. The van der Waals surface area contributed by atoms with E-state index in [1.165, 1.54) is 5.69 Å². The number of nitrogens with two attached hydrogens (primary N) is 1. The first-order valence-corrected chi connectivity index (χ1v) is 16.0. The van der Waals surface area contributed by atoms with E-state index in [0.29, 0.717) is 24.3 Å². The number of hydrogen-bond acceptors (Lipinski definition) is 5. The lowest BCUT2D eigenvalue weighted by Crippen LogP contribution is -2.63. The average molecular weight is 571 g/mol. The third kappa shape index (κ3) is 4.72. The maximum atomic E-state index is 13.8. The van der Waals surface area contributed by atoms with E-state index >= 15 is 0 Å². The number of carbonyl (C=O) groups excluding carboxylic acids is 2. The van der Waals surface area contributed by atoms with Gasteiger partial charge in [-0.1, -0.05) is 12.1 Å². The number of amides is 3. The monoisotopic (exact) mass is 570 g/mol. The van der Waals surface area contributed by atoms with E-state index in [4.69, 9.17) is 5.73 Å².